The first-order valence-corrected chi connectivity index (χ1v) is 11.8. The first kappa shape index (κ1) is 23.1. The fourth-order valence-electron chi connectivity index (χ4n) is 4.24. The van der Waals surface area contributed by atoms with Crippen LogP contribution in [0.4, 0.5) is 0 Å². The number of pyridine rings is 1. The molecule has 178 valence electrons. The normalized spacial score (nSPS) is 14.8. The molecule has 0 spiro atoms. The van der Waals surface area contributed by atoms with Crippen LogP contribution in [-0.2, 0) is 0 Å². The van der Waals surface area contributed by atoms with Crippen molar-refractivity contribution in [2.75, 3.05) is 6.61 Å². The van der Waals surface area contributed by atoms with E-state index >= 15 is 0 Å². The van der Waals surface area contributed by atoms with Crippen LogP contribution in [0.3, 0.4) is 0 Å². The number of benzene rings is 3. The molecule has 1 atom stereocenters. The summed E-state index contributed by atoms with van der Waals surface area (Å²) >= 11 is 0. The summed E-state index contributed by atoms with van der Waals surface area (Å²) in [5.74, 6) is 1.79. The lowest BCUT2D eigenvalue weighted by molar-refractivity contribution is 0.0955. The number of allylic oxidation sites excluding steroid dienone is 1. The van der Waals surface area contributed by atoms with E-state index in [1.165, 1.54) is 0 Å². The fourth-order valence-corrected chi connectivity index (χ4v) is 4.24. The van der Waals surface area contributed by atoms with E-state index in [4.69, 9.17) is 9.47 Å². The Bertz CT molecular complexity index is 1400. The largest absolute Gasteiger partial charge is 0.494 e. The molecule has 6 nitrogen and oxygen atoms in total. The van der Waals surface area contributed by atoms with Gasteiger partial charge < -0.3 is 9.47 Å². The van der Waals surface area contributed by atoms with Crippen molar-refractivity contribution in [3.05, 3.63) is 131 Å². The Balaban J connectivity index is 1.59. The van der Waals surface area contributed by atoms with E-state index in [1.807, 2.05) is 67.6 Å². The van der Waals surface area contributed by atoms with Gasteiger partial charge in [0.2, 0.25) is 0 Å². The average molecular weight is 476 g/mol. The molecule has 36 heavy (non-hydrogen) atoms. The highest BCUT2D eigenvalue weighted by Gasteiger charge is 2.31. The Morgan fingerprint density at radius 1 is 0.972 bits per heavy atom. The van der Waals surface area contributed by atoms with Gasteiger partial charge in [0.05, 0.1) is 12.8 Å². The molecule has 0 aliphatic carbocycles. The van der Waals surface area contributed by atoms with Crippen molar-refractivity contribution in [1.29, 1.82) is 0 Å². The van der Waals surface area contributed by atoms with Gasteiger partial charge in [-0.15, -0.1) is 0 Å². The summed E-state index contributed by atoms with van der Waals surface area (Å²) in [6, 6.07) is 29.3. The summed E-state index contributed by atoms with van der Waals surface area (Å²) in [4.78, 5) is 16.5. The predicted octanol–water partition coefficient (Wildman–Crippen LogP) is 5.83. The zero-order valence-electron chi connectivity index (χ0n) is 19.8. The number of nitrogens with zero attached hydrogens (tertiary/aromatic N) is 2. The minimum absolute atomic E-state index is 0.140. The first-order chi connectivity index (χ1) is 17.7. The summed E-state index contributed by atoms with van der Waals surface area (Å²) in [5, 5.41) is 4.34. The van der Waals surface area contributed by atoms with E-state index in [0.717, 1.165) is 33.8 Å². The average Bonchev–Trinajstić information content (AvgIpc) is 2.94. The molecule has 0 fully saturated rings. The summed E-state index contributed by atoms with van der Waals surface area (Å²) in [6.07, 6.45) is 4.82. The molecule has 0 radical (unpaired) electrons. The lowest BCUT2D eigenvalue weighted by Gasteiger charge is -2.30. The summed E-state index contributed by atoms with van der Waals surface area (Å²) in [6.45, 7) is 2.55. The number of carbonyl (C=O) groups excluding carboxylic acids is 1. The second-order valence-electron chi connectivity index (χ2n) is 8.16. The van der Waals surface area contributed by atoms with Crippen molar-refractivity contribution in [2.24, 2.45) is 5.10 Å². The van der Waals surface area contributed by atoms with Crippen molar-refractivity contribution in [2.45, 2.75) is 12.8 Å². The SMILES string of the molecule is CCOc1ccc(C2=C(C=NNC(=O)c3ccncc3)[C@@H](c3ccccc3)c3ccccc3O2)cc1. The second kappa shape index (κ2) is 10.7. The van der Waals surface area contributed by atoms with Crippen LogP contribution < -0.4 is 14.9 Å². The van der Waals surface area contributed by atoms with Crippen LogP contribution in [0.5, 0.6) is 11.5 Å². The van der Waals surface area contributed by atoms with Gasteiger partial charge in [-0.1, -0.05) is 48.5 Å². The molecule has 1 aliphatic heterocycles. The van der Waals surface area contributed by atoms with Gasteiger partial charge in [-0.05, 0) is 55.0 Å². The van der Waals surface area contributed by atoms with E-state index in [1.54, 1.807) is 30.7 Å². The number of rotatable bonds is 7. The molecular formula is C30H25N3O3. The van der Waals surface area contributed by atoms with E-state index in [9.17, 15) is 4.79 Å². The van der Waals surface area contributed by atoms with Crippen molar-refractivity contribution >= 4 is 17.9 Å². The lowest BCUT2D eigenvalue weighted by Crippen LogP contribution is -2.21. The Morgan fingerprint density at radius 2 is 1.69 bits per heavy atom. The number of nitrogens with one attached hydrogen (secondary N) is 1. The number of hydrogen-bond acceptors (Lipinski definition) is 5. The number of carbonyl (C=O) groups is 1. The first-order valence-electron chi connectivity index (χ1n) is 11.8. The minimum Gasteiger partial charge on any atom is -0.494 e. The van der Waals surface area contributed by atoms with Crippen molar-refractivity contribution in [3.8, 4) is 11.5 Å². The second-order valence-corrected chi connectivity index (χ2v) is 8.16. The van der Waals surface area contributed by atoms with Gasteiger partial charge in [-0.25, -0.2) is 5.43 Å². The maximum absolute atomic E-state index is 12.6. The van der Waals surface area contributed by atoms with Crippen molar-refractivity contribution < 1.29 is 14.3 Å². The van der Waals surface area contributed by atoms with E-state index < -0.39 is 0 Å². The molecule has 1 aromatic heterocycles. The molecule has 0 bridgehead atoms. The smallest absolute Gasteiger partial charge is 0.271 e. The van der Waals surface area contributed by atoms with Gasteiger partial charge in [0, 0.05) is 40.6 Å². The van der Waals surface area contributed by atoms with Crippen LogP contribution >= 0.6 is 0 Å². The molecule has 3 aromatic carbocycles. The molecule has 1 aliphatic rings. The molecule has 1 amide bonds. The molecule has 0 saturated heterocycles. The zero-order valence-corrected chi connectivity index (χ0v) is 19.8. The number of hydrogen-bond donors (Lipinski definition) is 1. The molecular weight excluding hydrogens is 450 g/mol. The molecule has 0 unspecified atom stereocenters. The van der Waals surface area contributed by atoms with E-state index in [0.29, 0.717) is 17.9 Å². The lowest BCUT2D eigenvalue weighted by atomic mass is 9.81. The van der Waals surface area contributed by atoms with Crippen LogP contribution in [-0.4, -0.2) is 23.7 Å². The number of aromatic nitrogens is 1. The molecule has 0 saturated carbocycles. The molecule has 2 heterocycles. The van der Waals surface area contributed by atoms with Crippen molar-refractivity contribution in [3.63, 3.8) is 0 Å². The molecule has 4 aromatic rings. The highest BCUT2D eigenvalue weighted by Crippen LogP contribution is 2.45. The standard InChI is InChI=1S/C30H25N3O3/c1-2-35-24-14-12-22(13-15-24)29-26(20-32-33-30(34)23-16-18-31-19-17-23)28(21-8-4-3-5-9-21)25-10-6-7-11-27(25)36-29/h3-20,28H,2H2,1H3,(H,33,34)/t28-/m0/s1. The number of amides is 1. The highest BCUT2D eigenvalue weighted by atomic mass is 16.5. The third kappa shape index (κ3) is 4.88. The fraction of sp³-hybridized carbons (Fsp3) is 0.100. The van der Waals surface area contributed by atoms with Crippen LogP contribution in [0, 0.1) is 0 Å². The Morgan fingerprint density at radius 3 is 2.44 bits per heavy atom. The number of para-hydroxylation sites is 1. The maximum atomic E-state index is 12.6. The van der Waals surface area contributed by atoms with Gasteiger partial charge in [0.15, 0.2) is 0 Å². The van der Waals surface area contributed by atoms with Gasteiger partial charge in [-0.2, -0.15) is 5.10 Å². The monoisotopic (exact) mass is 475 g/mol. The van der Waals surface area contributed by atoms with Crippen molar-refractivity contribution in [1.82, 2.24) is 10.4 Å². The van der Waals surface area contributed by atoms with E-state index in [2.05, 4.69) is 33.7 Å². The van der Waals surface area contributed by atoms with Crippen LogP contribution in [0.1, 0.15) is 39.9 Å². The Hall–Kier alpha value is -4.71. The van der Waals surface area contributed by atoms with Crippen LogP contribution in [0.2, 0.25) is 0 Å². The number of hydrazone groups is 1. The molecule has 5 rings (SSSR count). The molecule has 6 heteroatoms. The maximum Gasteiger partial charge on any atom is 0.271 e. The highest BCUT2D eigenvalue weighted by molar-refractivity contribution is 5.97. The van der Waals surface area contributed by atoms with Crippen LogP contribution in [0.15, 0.2) is 114 Å². The zero-order chi connectivity index (χ0) is 24.7. The third-order valence-electron chi connectivity index (χ3n) is 5.89. The summed E-state index contributed by atoms with van der Waals surface area (Å²) in [5.41, 5.74) is 6.95. The third-order valence-corrected chi connectivity index (χ3v) is 5.89. The summed E-state index contributed by atoms with van der Waals surface area (Å²) in [7, 11) is 0. The van der Waals surface area contributed by atoms with Gasteiger partial charge >= 0.3 is 0 Å². The summed E-state index contributed by atoms with van der Waals surface area (Å²) < 4.78 is 12.1. The Labute approximate surface area is 209 Å². The quantitative estimate of drug-likeness (QED) is 0.270. The van der Waals surface area contributed by atoms with Crippen LogP contribution in [0.25, 0.3) is 5.76 Å². The topological polar surface area (TPSA) is 72.8 Å². The van der Waals surface area contributed by atoms with Gasteiger partial charge in [0.25, 0.3) is 5.91 Å². The van der Waals surface area contributed by atoms with Gasteiger partial charge in [-0.3, -0.25) is 9.78 Å². The minimum atomic E-state index is -0.315. The molecule has 1 N–H and O–H groups in total. The number of fused-ring (bicyclic) bond motifs is 1. The number of ether oxygens (including phenoxy) is 2. The predicted molar refractivity (Wildman–Crippen MR) is 140 cm³/mol. The Kier molecular flexibility index (Phi) is 6.85. The van der Waals surface area contributed by atoms with Gasteiger partial charge in [0.1, 0.15) is 17.3 Å². The van der Waals surface area contributed by atoms with E-state index in [-0.39, 0.29) is 11.8 Å².